The lowest BCUT2D eigenvalue weighted by Crippen LogP contribution is -2.43. The maximum absolute atomic E-state index is 3.66. The normalized spacial score (nSPS) is 12.7. The van der Waals surface area contributed by atoms with Crippen molar-refractivity contribution in [1.82, 2.24) is 10.2 Å². The summed E-state index contributed by atoms with van der Waals surface area (Å²) in [4.78, 5) is 2.50. The SMILES string of the molecule is CCC(CC)(CNCC(C)C)CN(C)CCSC. The van der Waals surface area contributed by atoms with Gasteiger partial charge in [0.2, 0.25) is 0 Å². The van der Waals surface area contributed by atoms with Crippen molar-refractivity contribution in [3.63, 3.8) is 0 Å². The molecule has 0 aliphatic rings. The molecule has 0 fully saturated rings. The van der Waals surface area contributed by atoms with Crippen LogP contribution in [0.2, 0.25) is 0 Å². The summed E-state index contributed by atoms with van der Waals surface area (Å²) in [6, 6.07) is 0. The molecular weight excluding hydrogens is 240 g/mol. The largest absolute Gasteiger partial charge is 0.316 e. The minimum atomic E-state index is 0.446. The van der Waals surface area contributed by atoms with Gasteiger partial charge in [-0.25, -0.2) is 0 Å². The van der Waals surface area contributed by atoms with E-state index in [0.717, 1.165) is 19.0 Å². The zero-order chi connectivity index (χ0) is 14.0. The Kier molecular flexibility index (Phi) is 10.3. The maximum Gasteiger partial charge on any atom is 0.00694 e. The Bertz CT molecular complexity index is 191. The zero-order valence-corrected chi connectivity index (χ0v) is 14.2. The van der Waals surface area contributed by atoms with Crippen molar-refractivity contribution in [3.05, 3.63) is 0 Å². The van der Waals surface area contributed by atoms with E-state index in [1.165, 1.54) is 31.7 Å². The average molecular weight is 275 g/mol. The fourth-order valence-corrected chi connectivity index (χ4v) is 2.80. The summed E-state index contributed by atoms with van der Waals surface area (Å²) in [5, 5.41) is 3.66. The van der Waals surface area contributed by atoms with Crippen LogP contribution >= 0.6 is 11.8 Å². The molecule has 0 aromatic heterocycles. The molecule has 110 valence electrons. The number of rotatable bonds is 11. The van der Waals surface area contributed by atoms with Crippen molar-refractivity contribution in [2.75, 3.05) is 45.2 Å². The first-order valence-electron chi connectivity index (χ1n) is 7.38. The molecule has 0 heterocycles. The number of hydrogen-bond donors (Lipinski definition) is 1. The Labute approximate surface area is 119 Å². The van der Waals surface area contributed by atoms with Gasteiger partial charge in [-0.2, -0.15) is 11.8 Å². The van der Waals surface area contributed by atoms with Gasteiger partial charge >= 0.3 is 0 Å². The Balaban J connectivity index is 4.22. The van der Waals surface area contributed by atoms with Crippen LogP contribution in [0.25, 0.3) is 0 Å². The van der Waals surface area contributed by atoms with Crippen LogP contribution in [0, 0.1) is 11.3 Å². The lowest BCUT2D eigenvalue weighted by atomic mass is 9.81. The van der Waals surface area contributed by atoms with E-state index in [4.69, 9.17) is 0 Å². The highest BCUT2D eigenvalue weighted by Crippen LogP contribution is 2.26. The lowest BCUT2D eigenvalue weighted by molar-refractivity contribution is 0.159. The number of nitrogens with zero attached hydrogens (tertiary/aromatic N) is 1. The van der Waals surface area contributed by atoms with Crippen molar-refractivity contribution in [1.29, 1.82) is 0 Å². The zero-order valence-electron chi connectivity index (χ0n) is 13.4. The molecule has 0 bridgehead atoms. The highest BCUT2D eigenvalue weighted by molar-refractivity contribution is 7.98. The molecule has 0 atom stereocenters. The quantitative estimate of drug-likeness (QED) is 0.622. The summed E-state index contributed by atoms with van der Waals surface area (Å²) in [6.45, 7) is 13.9. The van der Waals surface area contributed by atoms with Gasteiger partial charge in [0.25, 0.3) is 0 Å². The molecule has 0 saturated carbocycles. The van der Waals surface area contributed by atoms with Crippen LogP contribution in [0.15, 0.2) is 0 Å². The molecule has 0 aromatic rings. The van der Waals surface area contributed by atoms with E-state index in [1.807, 2.05) is 11.8 Å². The molecule has 0 amide bonds. The first-order valence-corrected chi connectivity index (χ1v) is 8.77. The Morgan fingerprint density at radius 2 is 1.83 bits per heavy atom. The molecule has 18 heavy (non-hydrogen) atoms. The van der Waals surface area contributed by atoms with Gasteiger partial charge in [-0.3, -0.25) is 0 Å². The van der Waals surface area contributed by atoms with Gasteiger partial charge in [0.15, 0.2) is 0 Å². The molecule has 0 aromatic carbocycles. The second-order valence-corrected chi connectivity index (χ2v) is 6.95. The van der Waals surface area contributed by atoms with Gasteiger partial charge in [-0.15, -0.1) is 0 Å². The van der Waals surface area contributed by atoms with E-state index in [9.17, 15) is 0 Å². The molecule has 0 radical (unpaired) electrons. The molecule has 1 N–H and O–H groups in total. The topological polar surface area (TPSA) is 15.3 Å². The maximum atomic E-state index is 3.66. The van der Waals surface area contributed by atoms with Gasteiger partial charge < -0.3 is 10.2 Å². The molecule has 0 saturated heterocycles. The summed E-state index contributed by atoms with van der Waals surface area (Å²) in [5.41, 5.74) is 0.446. The van der Waals surface area contributed by atoms with Crippen LogP contribution in [-0.4, -0.2) is 50.1 Å². The van der Waals surface area contributed by atoms with Gasteiger partial charge in [0, 0.05) is 25.4 Å². The molecule has 0 rings (SSSR count). The van der Waals surface area contributed by atoms with E-state index in [1.54, 1.807) is 0 Å². The lowest BCUT2D eigenvalue weighted by Gasteiger charge is -2.36. The van der Waals surface area contributed by atoms with Crippen molar-refractivity contribution in [2.24, 2.45) is 11.3 Å². The third-order valence-corrected chi connectivity index (χ3v) is 4.43. The number of hydrogen-bond acceptors (Lipinski definition) is 3. The standard InChI is InChI=1S/C15H34N2S/c1-7-15(8-2,12-16-11-14(3)4)13-17(5)9-10-18-6/h14,16H,7-13H2,1-6H3. The van der Waals surface area contributed by atoms with Crippen LogP contribution in [0.5, 0.6) is 0 Å². The van der Waals surface area contributed by atoms with E-state index < -0.39 is 0 Å². The van der Waals surface area contributed by atoms with E-state index in [0.29, 0.717) is 5.41 Å². The van der Waals surface area contributed by atoms with Crippen LogP contribution in [0.3, 0.4) is 0 Å². The van der Waals surface area contributed by atoms with Crippen molar-refractivity contribution in [2.45, 2.75) is 40.5 Å². The Hall–Kier alpha value is 0.270. The predicted octanol–water partition coefficient (Wildman–Crippen LogP) is 3.33. The molecule has 3 heteroatoms. The van der Waals surface area contributed by atoms with Crippen LogP contribution < -0.4 is 5.32 Å². The summed E-state index contributed by atoms with van der Waals surface area (Å²) < 4.78 is 0. The first-order chi connectivity index (χ1) is 8.49. The van der Waals surface area contributed by atoms with Crippen molar-refractivity contribution >= 4 is 11.8 Å². The molecular formula is C15H34N2S. The van der Waals surface area contributed by atoms with Crippen LogP contribution in [0.1, 0.15) is 40.5 Å². The summed E-state index contributed by atoms with van der Waals surface area (Å²) in [7, 11) is 2.26. The van der Waals surface area contributed by atoms with E-state index in [-0.39, 0.29) is 0 Å². The van der Waals surface area contributed by atoms with Crippen LogP contribution in [0.4, 0.5) is 0 Å². The van der Waals surface area contributed by atoms with E-state index >= 15 is 0 Å². The van der Waals surface area contributed by atoms with E-state index in [2.05, 4.69) is 51.2 Å². The highest BCUT2D eigenvalue weighted by Gasteiger charge is 2.27. The molecule has 0 unspecified atom stereocenters. The highest BCUT2D eigenvalue weighted by atomic mass is 32.2. The molecule has 0 spiro atoms. The van der Waals surface area contributed by atoms with Gasteiger partial charge in [0.05, 0.1) is 0 Å². The number of nitrogens with one attached hydrogen (secondary N) is 1. The van der Waals surface area contributed by atoms with Gasteiger partial charge in [0.1, 0.15) is 0 Å². The molecule has 0 aliphatic heterocycles. The second-order valence-electron chi connectivity index (χ2n) is 5.96. The fraction of sp³-hybridized carbons (Fsp3) is 1.00. The van der Waals surface area contributed by atoms with Gasteiger partial charge in [-0.05, 0) is 44.0 Å². The predicted molar refractivity (Wildman–Crippen MR) is 86.6 cm³/mol. The van der Waals surface area contributed by atoms with Crippen molar-refractivity contribution in [3.8, 4) is 0 Å². The first kappa shape index (κ1) is 18.3. The fourth-order valence-electron chi connectivity index (χ4n) is 2.30. The third-order valence-electron chi connectivity index (χ3n) is 3.84. The third kappa shape index (κ3) is 7.65. The van der Waals surface area contributed by atoms with Gasteiger partial charge in [-0.1, -0.05) is 27.7 Å². The smallest absolute Gasteiger partial charge is 0.00694 e. The molecule has 0 aliphatic carbocycles. The average Bonchev–Trinajstić information content (AvgIpc) is 2.34. The summed E-state index contributed by atoms with van der Waals surface area (Å²) >= 11 is 1.94. The Morgan fingerprint density at radius 1 is 1.22 bits per heavy atom. The second kappa shape index (κ2) is 10.1. The minimum absolute atomic E-state index is 0.446. The minimum Gasteiger partial charge on any atom is -0.316 e. The monoisotopic (exact) mass is 274 g/mol. The Morgan fingerprint density at radius 3 is 2.28 bits per heavy atom. The molecule has 2 nitrogen and oxygen atoms in total. The van der Waals surface area contributed by atoms with Crippen LogP contribution in [-0.2, 0) is 0 Å². The summed E-state index contributed by atoms with van der Waals surface area (Å²) in [5.74, 6) is 1.98. The summed E-state index contributed by atoms with van der Waals surface area (Å²) in [6.07, 6.45) is 4.71. The number of thioether (sulfide) groups is 1. The van der Waals surface area contributed by atoms with Crippen molar-refractivity contribution < 1.29 is 0 Å².